The van der Waals surface area contributed by atoms with Gasteiger partial charge in [0.05, 0.1) is 31.1 Å². The van der Waals surface area contributed by atoms with Gasteiger partial charge in [0.2, 0.25) is 0 Å². The van der Waals surface area contributed by atoms with Crippen molar-refractivity contribution < 1.29 is 9.13 Å². The Balaban J connectivity index is 2.07. The Morgan fingerprint density at radius 1 is 1.35 bits per heavy atom. The number of nitrogens with zero attached hydrogens (tertiary/aromatic N) is 3. The minimum Gasteiger partial charge on any atom is -0.497 e. The molecule has 1 heterocycles. The molecule has 0 spiro atoms. The van der Waals surface area contributed by atoms with E-state index < -0.39 is 0 Å². The second-order valence-corrected chi connectivity index (χ2v) is 5.52. The minimum atomic E-state index is -0.325. The summed E-state index contributed by atoms with van der Waals surface area (Å²) in [7, 11) is 1.55. The molecule has 0 aliphatic rings. The highest BCUT2D eigenvalue weighted by atomic mass is 19.1. The average Bonchev–Trinajstić information content (AvgIpc) is 2.86. The summed E-state index contributed by atoms with van der Waals surface area (Å²) in [4.78, 5) is 0. The van der Waals surface area contributed by atoms with Crippen LogP contribution in [0.25, 0.3) is 0 Å². The highest BCUT2D eigenvalue weighted by molar-refractivity contribution is 5.49. The first-order chi connectivity index (χ1) is 9.40. The van der Waals surface area contributed by atoms with Gasteiger partial charge >= 0.3 is 0 Å². The van der Waals surface area contributed by atoms with Crippen LogP contribution in [-0.4, -0.2) is 22.1 Å². The van der Waals surface area contributed by atoms with Gasteiger partial charge in [0.25, 0.3) is 0 Å². The van der Waals surface area contributed by atoms with Crippen LogP contribution in [-0.2, 0) is 12.1 Å². The largest absolute Gasteiger partial charge is 0.497 e. The van der Waals surface area contributed by atoms with Gasteiger partial charge in [-0.1, -0.05) is 5.21 Å². The zero-order valence-corrected chi connectivity index (χ0v) is 12.1. The molecule has 2 rings (SSSR count). The van der Waals surface area contributed by atoms with Crippen molar-refractivity contribution in [1.29, 1.82) is 0 Å². The van der Waals surface area contributed by atoms with E-state index in [9.17, 15) is 4.39 Å². The van der Waals surface area contributed by atoms with Crippen LogP contribution in [0.3, 0.4) is 0 Å². The van der Waals surface area contributed by atoms with Crippen LogP contribution in [0.15, 0.2) is 24.4 Å². The Morgan fingerprint density at radius 3 is 2.70 bits per heavy atom. The predicted octanol–water partition coefficient (Wildman–Crippen LogP) is 2.79. The van der Waals surface area contributed by atoms with E-state index in [2.05, 4.69) is 15.6 Å². The summed E-state index contributed by atoms with van der Waals surface area (Å²) >= 11 is 0. The summed E-state index contributed by atoms with van der Waals surface area (Å²) in [5.41, 5.74) is 1.02. The third kappa shape index (κ3) is 3.26. The van der Waals surface area contributed by atoms with Gasteiger partial charge < -0.3 is 10.1 Å². The van der Waals surface area contributed by atoms with E-state index in [1.54, 1.807) is 23.9 Å². The zero-order chi connectivity index (χ0) is 14.8. The zero-order valence-electron chi connectivity index (χ0n) is 12.1. The topological polar surface area (TPSA) is 52.0 Å². The first-order valence-corrected chi connectivity index (χ1v) is 6.39. The molecule has 0 unspecified atom stereocenters. The molecule has 108 valence electrons. The van der Waals surface area contributed by atoms with Crippen LogP contribution in [0, 0.1) is 5.82 Å². The number of hydrogen-bond acceptors (Lipinski definition) is 4. The van der Waals surface area contributed by atoms with Crippen LogP contribution in [0.1, 0.15) is 26.5 Å². The molecule has 0 saturated carbocycles. The normalized spacial score (nSPS) is 11.4. The van der Waals surface area contributed by atoms with Crippen LogP contribution in [0.4, 0.5) is 10.1 Å². The molecule has 5 nitrogen and oxygen atoms in total. The molecule has 0 atom stereocenters. The number of nitrogens with one attached hydrogen (secondary N) is 1. The standard InChI is InChI=1S/C14H19FN4O/c1-14(2,3)19-9-10(17-18-19)8-16-13-7-11(20-4)5-6-12(13)15/h5-7,9,16H,8H2,1-4H3. The van der Waals surface area contributed by atoms with E-state index in [0.29, 0.717) is 18.0 Å². The van der Waals surface area contributed by atoms with Crippen molar-refractivity contribution in [3.8, 4) is 5.75 Å². The summed E-state index contributed by atoms with van der Waals surface area (Å²) in [6.45, 7) is 6.53. The second kappa shape index (κ2) is 5.48. The summed E-state index contributed by atoms with van der Waals surface area (Å²) in [5.74, 6) is 0.279. The second-order valence-electron chi connectivity index (χ2n) is 5.52. The van der Waals surface area contributed by atoms with Crippen molar-refractivity contribution in [2.24, 2.45) is 0 Å². The third-order valence-electron chi connectivity index (χ3n) is 2.86. The number of aromatic nitrogens is 3. The Kier molecular flexibility index (Phi) is 3.92. The molecule has 0 saturated heterocycles. The molecule has 0 radical (unpaired) electrons. The first-order valence-electron chi connectivity index (χ1n) is 6.39. The highest BCUT2D eigenvalue weighted by Crippen LogP contribution is 2.21. The molecule has 0 aliphatic carbocycles. The van der Waals surface area contributed by atoms with E-state index in [0.717, 1.165) is 5.69 Å². The molecule has 0 aliphatic heterocycles. The van der Waals surface area contributed by atoms with E-state index in [4.69, 9.17) is 4.74 Å². The van der Waals surface area contributed by atoms with Crippen LogP contribution < -0.4 is 10.1 Å². The summed E-state index contributed by atoms with van der Waals surface area (Å²) in [6, 6.07) is 4.56. The minimum absolute atomic E-state index is 0.119. The van der Waals surface area contributed by atoms with Crippen molar-refractivity contribution in [2.45, 2.75) is 32.9 Å². The average molecular weight is 278 g/mol. The van der Waals surface area contributed by atoms with E-state index in [-0.39, 0.29) is 11.4 Å². The number of anilines is 1. The van der Waals surface area contributed by atoms with Gasteiger partial charge in [-0.3, -0.25) is 0 Å². The Hall–Kier alpha value is -2.11. The number of rotatable bonds is 4. The first kappa shape index (κ1) is 14.3. The van der Waals surface area contributed by atoms with Gasteiger partial charge in [-0.25, -0.2) is 9.07 Å². The number of halogens is 1. The molecule has 0 fully saturated rings. The predicted molar refractivity (Wildman–Crippen MR) is 75.3 cm³/mol. The van der Waals surface area contributed by atoms with Crippen molar-refractivity contribution >= 4 is 5.69 Å². The van der Waals surface area contributed by atoms with E-state index in [1.165, 1.54) is 6.07 Å². The molecule has 0 amide bonds. The van der Waals surface area contributed by atoms with E-state index in [1.807, 2.05) is 27.0 Å². The maximum absolute atomic E-state index is 13.6. The molecule has 1 aromatic carbocycles. The Labute approximate surface area is 117 Å². The lowest BCUT2D eigenvalue weighted by molar-refractivity contribution is 0.347. The molecule has 2 aromatic rings. The fraction of sp³-hybridized carbons (Fsp3) is 0.429. The molecule has 1 N–H and O–H groups in total. The number of ether oxygens (including phenoxy) is 1. The number of methoxy groups -OCH3 is 1. The quantitative estimate of drug-likeness (QED) is 0.934. The summed E-state index contributed by atoms with van der Waals surface area (Å²) < 4.78 is 20.5. The Morgan fingerprint density at radius 2 is 2.10 bits per heavy atom. The molecular weight excluding hydrogens is 259 g/mol. The monoisotopic (exact) mass is 278 g/mol. The fourth-order valence-corrected chi connectivity index (χ4v) is 1.66. The van der Waals surface area contributed by atoms with Crippen LogP contribution >= 0.6 is 0 Å². The maximum atomic E-state index is 13.6. The van der Waals surface area contributed by atoms with Crippen molar-refractivity contribution in [3.05, 3.63) is 35.9 Å². The molecule has 6 heteroatoms. The molecular formula is C14H19FN4O. The van der Waals surface area contributed by atoms with Gasteiger partial charge in [0.15, 0.2) is 0 Å². The van der Waals surface area contributed by atoms with Crippen LogP contribution in [0.5, 0.6) is 5.75 Å². The fourth-order valence-electron chi connectivity index (χ4n) is 1.66. The van der Waals surface area contributed by atoms with Crippen molar-refractivity contribution in [1.82, 2.24) is 15.0 Å². The van der Waals surface area contributed by atoms with Gasteiger partial charge in [-0.05, 0) is 32.9 Å². The molecule has 1 aromatic heterocycles. The third-order valence-corrected chi connectivity index (χ3v) is 2.86. The lowest BCUT2D eigenvalue weighted by atomic mass is 10.1. The smallest absolute Gasteiger partial charge is 0.146 e. The number of hydrogen-bond donors (Lipinski definition) is 1. The van der Waals surface area contributed by atoms with Crippen molar-refractivity contribution in [2.75, 3.05) is 12.4 Å². The van der Waals surface area contributed by atoms with Gasteiger partial charge in [-0.2, -0.15) is 0 Å². The van der Waals surface area contributed by atoms with Crippen molar-refractivity contribution in [3.63, 3.8) is 0 Å². The lowest BCUT2D eigenvalue weighted by Crippen LogP contribution is -2.22. The maximum Gasteiger partial charge on any atom is 0.146 e. The van der Waals surface area contributed by atoms with Crippen LogP contribution in [0.2, 0.25) is 0 Å². The summed E-state index contributed by atoms with van der Waals surface area (Å²) in [6.07, 6.45) is 1.85. The van der Waals surface area contributed by atoms with Gasteiger partial charge in [0.1, 0.15) is 17.3 Å². The Bertz CT molecular complexity index is 589. The SMILES string of the molecule is COc1ccc(F)c(NCc2cn(C(C)(C)C)nn2)c1. The number of benzene rings is 1. The highest BCUT2D eigenvalue weighted by Gasteiger charge is 2.15. The molecule has 20 heavy (non-hydrogen) atoms. The summed E-state index contributed by atoms with van der Waals surface area (Å²) in [5, 5.41) is 11.1. The van der Waals surface area contributed by atoms with Gasteiger partial charge in [-0.15, -0.1) is 5.10 Å². The van der Waals surface area contributed by atoms with E-state index >= 15 is 0 Å². The molecule has 0 bridgehead atoms. The lowest BCUT2D eigenvalue weighted by Gasteiger charge is -2.17. The van der Waals surface area contributed by atoms with Gasteiger partial charge in [0, 0.05) is 6.07 Å².